The summed E-state index contributed by atoms with van der Waals surface area (Å²) in [5.41, 5.74) is 2.24. The van der Waals surface area contributed by atoms with Crippen LogP contribution in [0.3, 0.4) is 0 Å². The molecular formula is C21H21ClN2O5S. The summed E-state index contributed by atoms with van der Waals surface area (Å²) in [6, 6.07) is 9.08. The minimum Gasteiger partial charge on any atom is -0.394 e. The molecule has 0 bridgehead atoms. The van der Waals surface area contributed by atoms with Crippen LogP contribution >= 0.6 is 22.9 Å². The second-order valence-corrected chi connectivity index (χ2v) is 8.50. The summed E-state index contributed by atoms with van der Waals surface area (Å²) < 4.78 is 5.64. The van der Waals surface area contributed by atoms with Crippen molar-refractivity contribution in [1.82, 2.24) is 9.97 Å². The molecule has 4 rings (SSSR count). The maximum Gasteiger partial charge on any atom is 0.132 e. The first kappa shape index (κ1) is 21.3. The van der Waals surface area contributed by atoms with Gasteiger partial charge in [-0.05, 0) is 28.6 Å². The van der Waals surface area contributed by atoms with Gasteiger partial charge in [0.1, 0.15) is 36.3 Å². The second-order valence-electron chi connectivity index (χ2n) is 7.14. The fraction of sp³-hybridized carbons (Fsp3) is 0.333. The third-order valence-electron chi connectivity index (χ3n) is 5.15. The van der Waals surface area contributed by atoms with Crippen LogP contribution in [0.4, 0.5) is 0 Å². The van der Waals surface area contributed by atoms with E-state index in [1.807, 2.05) is 17.5 Å². The number of aromatic nitrogens is 2. The molecule has 30 heavy (non-hydrogen) atoms. The highest BCUT2D eigenvalue weighted by molar-refractivity contribution is 7.13. The van der Waals surface area contributed by atoms with Crippen LogP contribution in [-0.2, 0) is 11.2 Å². The van der Waals surface area contributed by atoms with Crippen molar-refractivity contribution in [2.75, 3.05) is 6.61 Å². The monoisotopic (exact) mass is 448 g/mol. The number of aliphatic hydroxyl groups excluding tert-OH is 4. The standard InChI is InChI=1S/C21H21ClN2O5S/c22-14-4-3-11(21-20(28)19(27)18(26)15(10-25)29-21)6-12(14)7-17-23-8-13(9-24-17)16-2-1-5-30-16/h1-6,8-9,15,18-21,25-28H,7,10H2/t15-,18-,19+,20-,21+/m1/s1. The number of aliphatic hydroxyl groups is 4. The van der Waals surface area contributed by atoms with Crippen LogP contribution in [0.15, 0.2) is 48.1 Å². The highest BCUT2D eigenvalue weighted by atomic mass is 35.5. The Morgan fingerprint density at radius 2 is 1.80 bits per heavy atom. The van der Waals surface area contributed by atoms with Gasteiger partial charge in [-0.3, -0.25) is 0 Å². The van der Waals surface area contributed by atoms with E-state index in [4.69, 9.17) is 16.3 Å². The molecule has 2 aromatic heterocycles. The van der Waals surface area contributed by atoms with Crippen LogP contribution in [-0.4, -0.2) is 61.4 Å². The summed E-state index contributed by atoms with van der Waals surface area (Å²) in [4.78, 5) is 9.94. The van der Waals surface area contributed by atoms with Gasteiger partial charge in [-0.2, -0.15) is 0 Å². The molecule has 4 N–H and O–H groups in total. The number of rotatable bonds is 5. The van der Waals surface area contributed by atoms with Gasteiger partial charge in [0.15, 0.2) is 0 Å². The maximum absolute atomic E-state index is 10.4. The first-order valence-corrected chi connectivity index (χ1v) is 10.7. The Hall–Kier alpha value is -1.91. The van der Waals surface area contributed by atoms with Gasteiger partial charge >= 0.3 is 0 Å². The van der Waals surface area contributed by atoms with E-state index in [9.17, 15) is 20.4 Å². The molecule has 1 aromatic carbocycles. The van der Waals surface area contributed by atoms with Gasteiger partial charge in [-0.25, -0.2) is 9.97 Å². The van der Waals surface area contributed by atoms with Crippen molar-refractivity contribution in [3.63, 3.8) is 0 Å². The number of benzene rings is 1. The zero-order valence-corrected chi connectivity index (χ0v) is 17.4. The minimum absolute atomic E-state index is 0.370. The molecule has 1 fully saturated rings. The Bertz CT molecular complexity index is 984. The van der Waals surface area contributed by atoms with E-state index in [2.05, 4.69) is 9.97 Å². The zero-order valence-electron chi connectivity index (χ0n) is 15.8. The van der Waals surface area contributed by atoms with E-state index < -0.39 is 37.1 Å². The third kappa shape index (κ3) is 4.26. The van der Waals surface area contributed by atoms with Crippen LogP contribution in [0.2, 0.25) is 5.02 Å². The molecule has 1 aliphatic rings. The lowest BCUT2D eigenvalue weighted by Gasteiger charge is -2.40. The number of ether oxygens (including phenoxy) is 1. The van der Waals surface area contributed by atoms with E-state index in [1.165, 1.54) is 0 Å². The van der Waals surface area contributed by atoms with Gasteiger partial charge in [0.25, 0.3) is 0 Å². The summed E-state index contributed by atoms with van der Waals surface area (Å²) in [6.45, 7) is -0.480. The van der Waals surface area contributed by atoms with E-state index in [-0.39, 0.29) is 0 Å². The average Bonchev–Trinajstić information content (AvgIpc) is 3.30. The Kier molecular flexibility index (Phi) is 6.45. The normalized spacial score (nSPS) is 26.6. The molecule has 0 radical (unpaired) electrons. The van der Waals surface area contributed by atoms with Gasteiger partial charge in [0, 0.05) is 34.3 Å². The minimum atomic E-state index is -1.44. The molecular weight excluding hydrogens is 428 g/mol. The number of thiophene rings is 1. The van der Waals surface area contributed by atoms with Crippen molar-refractivity contribution < 1.29 is 25.2 Å². The Morgan fingerprint density at radius 1 is 1.03 bits per heavy atom. The summed E-state index contributed by atoms with van der Waals surface area (Å²) in [7, 11) is 0. The predicted molar refractivity (Wildman–Crippen MR) is 112 cm³/mol. The SMILES string of the molecule is OC[C@H]1O[C@@H](c2ccc(Cl)c(Cc3ncc(-c4cccs4)cn3)c2)[C@H](O)[C@@H](O)[C@@H]1O. The Balaban J connectivity index is 1.56. The molecule has 7 nitrogen and oxygen atoms in total. The molecule has 0 amide bonds. The van der Waals surface area contributed by atoms with E-state index in [0.29, 0.717) is 22.8 Å². The second kappa shape index (κ2) is 9.07. The molecule has 158 valence electrons. The summed E-state index contributed by atoms with van der Waals surface area (Å²) in [5, 5.41) is 42.3. The number of hydrogen-bond donors (Lipinski definition) is 4. The Labute approximate surface area is 182 Å². The van der Waals surface area contributed by atoms with Crippen molar-refractivity contribution in [2.45, 2.75) is 36.9 Å². The van der Waals surface area contributed by atoms with Crippen molar-refractivity contribution in [2.24, 2.45) is 0 Å². The quantitative estimate of drug-likeness (QED) is 0.471. The largest absolute Gasteiger partial charge is 0.394 e. The molecule has 9 heteroatoms. The molecule has 0 aliphatic carbocycles. The lowest BCUT2D eigenvalue weighted by atomic mass is 9.90. The van der Waals surface area contributed by atoms with Crippen LogP contribution in [0.5, 0.6) is 0 Å². The first-order chi connectivity index (χ1) is 14.5. The topological polar surface area (TPSA) is 116 Å². The number of hydrogen-bond acceptors (Lipinski definition) is 8. The summed E-state index contributed by atoms with van der Waals surface area (Å²) in [5.74, 6) is 0.586. The van der Waals surface area contributed by atoms with Crippen molar-refractivity contribution >= 4 is 22.9 Å². The maximum atomic E-state index is 10.4. The molecule has 5 atom stereocenters. The van der Waals surface area contributed by atoms with Crippen molar-refractivity contribution in [3.05, 3.63) is 70.1 Å². The first-order valence-electron chi connectivity index (χ1n) is 9.41. The fourth-order valence-corrected chi connectivity index (χ4v) is 4.36. The number of halogens is 1. The molecule has 1 saturated heterocycles. The molecule has 3 heterocycles. The van der Waals surface area contributed by atoms with E-state index in [0.717, 1.165) is 16.0 Å². The van der Waals surface area contributed by atoms with Gasteiger partial charge in [-0.15, -0.1) is 11.3 Å². The van der Waals surface area contributed by atoms with Gasteiger partial charge in [0.2, 0.25) is 0 Å². The lowest BCUT2D eigenvalue weighted by molar-refractivity contribution is -0.231. The van der Waals surface area contributed by atoms with Crippen molar-refractivity contribution in [1.29, 1.82) is 0 Å². The highest BCUT2D eigenvalue weighted by Crippen LogP contribution is 2.34. The zero-order chi connectivity index (χ0) is 21.3. The average molecular weight is 449 g/mol. The molecule has 0 spiro atoms. The third-order valence-corrected chi connectivity index (χ3v) is 6.44. The molecule has 3 aromatic rings. The fourth-order valence-electron chi connectivity index (χ4n) is 3.47. The summed E-state index contributed by atoms with van der Waals surface area (Å²) >= 11 is 7.97. The van der Waals surface area contributed by atoms with Crippen LogP contribution in [0, 0.1) is 0 Å². The van der Waals surface area contributed by atoms with E-state index in [1.54, 1.807) is 41.9 Å². The Morgan fingerprint density at radius 3 is 2.47 bits per heavy atom. The number of nitrogens with zero attached hydrogens (tertiary/aromatic N) is 2. The molecule has 0 saturated carbocycles. The van der Waals surface area contributed by atoms with Crippen LogP contribution < -0.4 is 0 Å². The van der Waals surface area contributed by atoms with Crippen LogP contribution in [0.25, 0.3) is 10.4 Å². The van der Waals surface area contributed by atoms with E-state index >= 15 is 0 Å². The van der Waals surface area contributed by atoms with Crippen molar-refractivity contribution in [3.8, 4) is 10.4 Å². The van der Waals surface area contributed by atoms with Crippen LogP contribution in [0.1, 0.15) is 23.1 Å². The molecule has 1 aliphatic heterocycles. The van der Waals surface area contributed by atoms with Gasteiger partial charge in [-0.1, -0.05) is 29.8 Å². The smallest absolute Gasteiger partial charge is 0.132 e. The highest BCUT2D eigenvalue weighted by Gasteiger charge is 2.44. The predicted octanol–water partition coefficient (Wildman–Crippen LogP) is 1.96. The molecule has 0 unspecified atom stereocenters. The van der Waals surface area contributed by atoms with Gasteiger partial charge in [0.05, 0.1) is 6.61 Å². The lowest BCUT2D eigenvalue weighted by Crippen LogP contribution is -2.55. The van der Waals surface area contributed by atoms with Gasteiger partial charge < -0.3 is 25.2 Å². The summed E-state index contributed by atoms with van der Waals surface area (Å²) in [6.07, 6.45) is -2.17.